The molecule has 0 aliphatic carbocycles. The van der Waals surface area contributed by atoms with Gasteiger partial charge in [-0.25, -0.2) is 0 Å². The van der Waals surface area contributed by atoms with Gasteiger partial charge in [-0.15, -0.1) is 0 Å². The molecule has 2 rings (SSSR count). The first-order valence-corrected chi connectivity index (χ1v) is 8.21. The van der Waals surface area contributed by atoms with Crippen molar-refractivity contribution in [2.24, 2.45) is 5.73 Å². The maximum Gasteiger partial charge on any atom is 0.303 e. The van der Waals surface area contributed by atoms with E-state index in [2.05, 4.69) is 15.9 Å². The van der Waals surface area contributed by atoms with E-state index >= 15 is 0 Å². The first kappa shape index (κ1) is 17.5. The van der Waals surface area contributed by atoms with Gasteiger partial charge in [0, 0.05) is 12.5 Å². The Bertz CT molecular complexity index is 650. The van der Waals surface area contributed by atoms with E-state index in [1.807, 2.05) is 49.4 Å². The number of carboxylic acid groups (broad SMARTS) is 1. The normalized spacial score (nSPS) is 12.0. The summed E-state index contributed by atoms with van der Waals surface area (Å²) in [4.78, 5) is 10.7. The van der Waals surface area contributed by atoms with Crippen LogP contribution >= 0.6 is 15.9 Å². The molecule has 2 aromatic rings. The molecule has 2 aromatic carbocycles. The number of carboxylic acids is 1. The molecule has 0 heterocycles. The molecule has 4 nitrogen and oxygen atoms in total. The van der Waals surface area contributed by atoms with Gasteiger partial charge in [0.05, 0.1) is 4.47 Å². The lowest BCUT2D eigenvalue weighted by Gasteiger charge is -2.16. The minimum Gasteiger partial charge on any atom is -0.487 e. The van der Waals surface area contributed by atoms with E-state index in [0.29, 0.717) is 13.0 Å². The van der Waals surface area contributed by atoms with Gasteiger partial charge in [0.15, 0.2) is 0 Å². The molecule has 23 heavy (non-hydrogen) atoms. The van der Waals surface area contributed by atoms with E-state index in [0.717, 1.165) is 26.9 Å². The van der Waals surface area contributed by atoms with Crippen LogP contribution in [-0.2, 0) is 11.4 Å². The molecule has 3 N–H and O–H groups in total. The van der Waals surface area contributed by atoms with Gasteiger partial charge in [0.25, 0.3) is 0 Å². The van der Waals surface area contributed by atoms with E-state index in [1.165, 1.54) is 0 Å². The maximum atomic E-state index is 10.7. The van der Waals surface area contributed by atoms with Crippen LogP contribution in [0.2, 0.25) is 0 Å². The summed E-state index contributed by atoms with van der Waals surface area (Å²) in [5, 5.41) is 8.76. The zero-order chi connectivity index (χ0) is 16.8. The number of halogens is 1. The summed E-state index contributed by atoms with van der Waals surface area (Å²) in [5.41, 5.74) is 9.04. The molecule has 0 aliphatic rings. The molecule has 0 spiro atoms. The zero-order valence-electron chi connectivity index (χ0n) is 13.0. The van der Waals surface area contributed by atoms with Crippen LogP contribution in [0, 0.1) is 6.92 Å². The lowest BCUT2D eigenvalue weighted by Crippen LogP contribution is -2.13. The van der Waals surface area contributed by atoms with Crippen molar-refractivity contribution in [3.05, 3.63) is 63.6 Å². The van der Waals surface area contributed by atoms with Crippen LogP contribution in [0.15, 0.2) is 46.9 Å². The summed E-state index contributed by atoms with van der Waals surface area (Å²) in [6.45, 7) is 2.45. The van der Waals surface area contributed by atoms with Crippen molar-refractivity contribution in [3.8, 4) is 5.75 Å². The highest BCUT2D eigenvalue weighted by atomic mass is 79.9. The fraction of sp³-hybridized carbons (Fsp3) is 0.278. The summed E-state index contributed by atoms with van der Waals surface area (Å²) >= 11 is 3.52. The lowest BCUT2D eigenvalue weighted by atomic mass is 10.0. The Labute approximate surface area is 144 Å². The Hall–Kier alpha value is -1.85. The Morgan fingerprint density at radius 3 is 2.61 bits per heavy atom. The third-order valence-electron chi connectivity index (χ3n) is 3.57. The molecule has 0 fully saturated rings. The molecule has 1 atom stereocenters. The average Bonchev–Trinajstić information content (AvgIpc) is 2.52. The number of carbonyl (C=O) groups is 1. The monoisotopic (exact) mass is 377 g/mol. The number of hydrogen-bond donors (Lipinski definition) is 2. The molecular formula is C18H20BrNO3. The molecule has 5 heteroatoms. The van der Waals surface area contributed by atoms with Crippen LogP contribution in [0.3, 0.4) is 0 Å². The zero-order valence-corrected chi connectivity index (χ0v) is 14.5. The van der Waals surface area contributed by atoms with E-state index in [9.17, 15) is 4.79 Å². The number of ether oxygens (including phenoxy) is 1. The first-order chi connectivity index (χ1) is 11.0. The predicted molar refractivity (Wildman–Crippen MR) is 93.5 cm³/mol. The smallest absolute Gasteiger partial charge is 0.303 e. The molecule has 0 saturated heterocycles. The SMILES string of the molecule is Cc1cc(C(N)CCC(=O)O)cc(Br)c1OCc1ccccc1. The number of benzene rings is 2. The van der Waals surface area contributed by atoms with Gasteiger partial charge in [-0.3, -0.25) is 4.79 Å². The number of hydrogen-bond acceptors (Lipinski definition) is 3. The molecule has 0 aliphatic heterocycles. The van der Waals surface area contributed by atoms with E-state index in [-0.39, 0.29) is 12.5 Å². The maximum absolute atomic E-state index is 10.7. The van der Waals surface area contributed by atoms with Crippen LogP contribution in [0.25, 0.3) is 0 Å². The van der Waals surface area contributed by atoms with E-state index in [4.69, 9.17) is 15.6 Å². The van der Waals surface area contributed by atoms with Gasteiger partial charge in [0.1, 0.15) is 12.4 Å². The summed E-state index contributed by atoms with van der Waals surface area (Å²) in [6.07, 6.45) is 0.468. The van der Waals surface area contributed by atoms with Gasteiger partial charge >= 0.3 is 5.97 Å². The highest BCUT2D eigenvalue weighted by Gasteiger charge is 2.14. The first-order valence-electron chi connectivity index (χ1n) is 7.41. The van der Waals surface area contributed by atoms with Crippen LogP contribution in [-0.4, -0.2) is 11.1 Å². The predicted octanol–water partition coefficient (Wildman–Crippen LogP) is 4.20. The quantitative estimate of drug-likeness (QED) is 0.758. The molecule has 122 valence electrons. The largest absolute Gasteiger partial charge is 0.487 e. The highest BCUT2D eigenvalue weighted by molar-refractivity contribution is 9.10. The fourth-order valence-electron chi connectivity index (χ4n) is 2.33. The lowest BCUT2D eigenvalue weighted by molar-refractivity contribution is -0.137. The summed E-state index contributed by atoms with van der Waals surface area (Å²) < 4.78 is 6.73. The van der Waals surface area contributed by atoms with E-state index in [1.54, 1.807) is 0 Å². The molecule has 0 aromatic heterocycles. The molecule has 0 radical (unpaired) electrons. The highest BCUT2D eigenvalue weighted by Crippen LogP contribution is 2.33. The summed E-state index contributed by atoms with van der Waals surface area (Å²) in [7, 11) is 0. The van der Waals surface area contributed by atoms with E-state index < -0.39 is 5.97 Å². The number of rotatable bonds is 7. The molecular weight excluding hydrogens is 358 g/mol. The number of nitrogens with two attached hydrogens (primary N) is 1. The minimum atomic E-state index is -0.834. The standard InChI is InChI=1S/C18H20BrNO3/c1-12-9-14(16(20)7-8-17(21)22)10-15(19)18(12)23-11-13-5-3-2-4-6-13/h2-6,9-10,16H,7-8,11,20H2,1H3,(H,21,22). The van der Waals surface area contributed by atoms with Crippen LogP contribution in [0.5, 0.6) is 5.75 Å². The Morgan fingerprint density at radius 1 is 1.30 bits per heavy atom. The molecule has 1 unspecified atom stereocenters. The fourth-order valence-corrected chi connectivity index (χ4v) is 3.02. The second-order valence-corrected chi connectivity index (χ2v) is 6.32. The Balaban J connectivity index is 2.09. The minimum absolute atomic E-state index is 0.0596. The van der Waals surface area contributed by atoms with Crippen LogP contribution in [0.4, 0.5) is 0 Å². The molecule has 0 saturated carbocycles. The number of aliphatic carboxylic acids is 1. The summed E-state index contributed by atoms with van der Waals surface area (Å²) in [5.74, 6) is -0.0536. The third-order valence-corrected chi connectivity index (χ3v) is 4.16. The molecule has 0 amide bonds. The van der Waals surface area contributed by atoms with Crippen molar-refractivity contribution in [2.75, 3.05) is 0 Å². The van der Waals surface area contributed by atoms with Crippen LogP contribution < -0.4 is 10.5 Å². The van der Waals surface area contributed by atoms with Gasteiger partial charge in [-0.1, -0.05) is 36.4 Å². The van der Waals surface area contributed by atoms with Crippen molar-refractivity contribution in [1.29, 1.82) is 0 Å². The number of aryl methyl sites for hydroxylation is 1. The average molecular weight is 378 g/mol. The Morgan fingerprint density at radius 2 is 2.00 bits per heavy atom. The van der Waals surface area contributed by atoms with Gasteiger partial charge in [0.2, 0.25) is 0 Å². The van der Waals surface area contributed by atoms with Gasteiger partial charge in [-0.2, -0.15) is 0 Å². The van der Waals surface area contributed by atoms with Gasteiger partial charge in [-0.05, 0) is 52.0 Å². The van der Waals surface area contributed by atoms with Crippen LogP contribution in [0.1, 0.15) is 35.6 Å². The van der Waals surface area contributed by atoms with Crippen molar-refractivity contribution in [3.63, 3.8) is 0 Å². The molecule has 0 bridgehead atoms. The second-order valence-electron chi connectivity index (χ2n) is 5.46. The van der Waals surface area contributed by atoms with Gasteiger partial charge < -0.3 is 15.6 Å². The van der Waals surface area contributed by atoms with Crippen molar-refractivity contribution >= 4 is 21.9 Å². The Kier molecular flexibility index (Phi) is 6.19. The summed E-state index contributed by atoms with van der Waals surface area (Å²) in [6, 6.07) is 13.5. The van der Waals surface area contributed by atoms with Crippen molar-refractivity contribution in [1.82, 2.24) is 0 Å². The third kappa shape index (κ3) is 5.08. The van der Waals surface area contributed by atoms with Crippen molar-refractivity contribution in [2.45, 2.75) is 32.4 Å². The second kappa shape index (κ2) is 8.13. The topological polar surface area (TPSA) is 72.6 Å². The van der Waals surface area contributed by atoms with Crippen molar-refractivity contribution < 1.29 is 14.6 Å².